The number of nitrogens with zero attached hydrogens (tertiary/aromatic N) is 1. The third-order valence-corrected chi connectivity index (χ3v) is 3.23. The van der Waals surface area contributed by atoms with Crippen molar-refractivity contribution >= 4 is 16.9 Å². The molecular weight excluding hydrogens is 238 g/mol. The van der Waals surface area contributed by atoms with Gasteiger partial charge >= 0.3 is 0 Å². The summed E-state index contributed by atoms with van der Waals surface area (Å²) in [6.45, 7) is 10.1. The second-order valence-corrected chi connectivity index (χ2v) is 5.55. The maximum Gasteiger partial charge on any atom is 0.290 e. The average Bonchev–Trinajstić information content (AvgIpc) is 2.70. The van der Waals surface area contributed by atoms with Gasteiger partial charge in [-0.05, 0) is 52.8 Å². The van der Waals surface area contributed by atoms with Crippen molar-refractivity contribution in [2.24, 2.45) is 0 Å². The van der Waals surface area contributed by atoms with Crippen molar-refractivity contribution < 1.29 is 9.21 Å². The van der Waals surface area contributed by atoms with Gasteiger partial charge < -0.3 is 9.32 Å². The molecule has 19 heavy (non-hydrogen) atoms. The van der Waals surface area contributed by atoms with E-state index in [0.717, 1.165) is 16.5 Å². The molecule has 0 N–H and O–H groups in total. The molecule has 0 unspecified atom stereocenters. The quantitative estimate of drug-likeness (QED) is 0.834. The molecule has 102 valence electrons. The van der Waals surface area contributed by atoms with Crippen LogP contribution in [0.5, 0.6) is 0 Å². The lowest BCUT2D eigenvalue weighted by atomic mass is 10.1. The van der Waals surface area contributed by atoms with Crippen LogP contribution >= 0.6 is 0 Å². The molecule has 1 aromatic carbocycles. The number of fused-ring (bicyclic) bond motifs is 1. The maximum absolute atomic E-state index is 12.5. The summed E-state index contributed by atoms with van der Waals surface area (Å²) in [5.74, 6) is 0.377. The van der Waals surface area contributed by atoms with Crippen LogP contribution in [0, 0.1) is 6.92 Å². The Bertz CT molecular complexity index is 588. The molecular formula is C16H21NO2. The minimum absolute atomic E-state index is 0.0427. The molecule has 0 aliphatic carbocycles. The Hall–Kier alpha value is -1.77. The Kier molecular flexibility index (Phi) is 3.65. The van der Waals surface area contributed by atoms with Crippen LogP contribution in [0.25, 0.3) is 11.0 Å². The largest absolute Gasteiger partial charge is 0.451 e. The van der Waals surface area contributed by atoms with E-state index < -0.39 is 0 Å². The molecule has 0 aliphatic rings. The normalized spacial score (nSPS) is 11.5. The van der Waals surface area contributed by atoms with Crippen molar-refractivity contribution in [1.82, 2.24) is 4.90 Å². The Morgan fingerprint density at radius 2 is 1.74 bits per heavy atom. The minimum atomic E-state index is -0.0427. The van der Waals surface area contributed by atoms with Crippen molar-refractivity contribution in [3.63, 3.8) is 0 Å². The average molecular weight is 259 g/mol. The summed E-state index contributed by atoms with van der Waals surface area (Å²) in [7, 11) is 0. The summed E-state index contributed by atoms with van der Waals surface area (Å²) < 4.78 is 5.67. The third-order valence-electron chi connectivity index (χ3n) is 3.23. The second kappa shape index (κ2) is 5.08. The van der Waals surface area contributed by atoms with Gasteiger partial charge in [-0.2, -0.15) is 0 Å². The van der Waals surface area contributed by atoms with Crippen LogP contribution in [0.4, 0.5) is 0 Å². The van der Waals surface area contributed by atoms with Crippen molar-refractivity contribution in [3.8, 4) is 0 Å². The first kappa shape index (κ1) is 13.7. The molecule has 1 aromatic heterocycles. The molecule has 2 aromatic rings. The first-order chi connectivity index (χ1) is 8.90. The zero-order valence-electron chi connectivity index (χ0n) is 12.2. The monoisotopic (exact) mass is 259 g/mol. The summed E-state index contributed by atoms with van der Waals surface area (Å²) in [5, 5.41) is 0.982. The molecule has 0 bridgehead atoms. The fourth-order valence-electron chi connectivity index (χ4n) is 2.46. The fraction of sp³-hybridized carbons (Fsp3) is 0.438. The predicted molar refractivity (Wildman–Crippen MR) is 77.4 cm³/mol. The van der Waals surface area contributed by atoms with Gasteiger partial charge in [0.1, 0.15) is 5.58 Å². The van der Waals surface area contributed by atoms with Crippen molar-refractivity contribution in [2.45, 2.75) is 46.7 Å². The van der Waals surface area contributed by atoms with E-state index in [1.807, 2.05) is 63.8 Å². The van der Waals surface area contributed by atoms with Crippen LogP contribution in [-0.2, 0) is 0 Å². The fourth-order valence-corrected chi connectivity index (χ4v) is 2.46. The molecule has 2 rings (SSSR count). The van der Waals surface area contributed by atoms with Crippen LogP contribution in [-0.4, -0.2) is 22.9 Å². The lowest BCUT2D eigenvalue weighted by molar-refractivity contribution is 0.0613. The molecule has 3 heteroatoms. The molecule has 1 amide bonds. The molecule has 0 fully saturated rings. The van der Waals surface area contributed by atoms with E-state index in [1.165, 1.54) is 0 Å². The van der Waals surface area contributed by atoms with Gasteiger partial charge in [-0.3, -0.25) is 4.79 Å². The Morgan fingerprint density at radius 3 is 2.32 bits per heavy atom. The van der Waals surface area contributed by atoms with Crippen molar-refractivity contribution in [2.75, 3.05) is 0 Å². The summed E-state index contributed by atoms with van der Waals surface area (Å²) in [6, 6.07) is 8.08. The molecule has 0 saturated carbocycles. The summed E-state index contributed by atoms with van der Waals surface area (Å²) in [4.78, 5) is 14.4. The molecule has 0 spiro atoms. The van der Waals surface area contributed by atoms with Crippen LogP contribution < -0.4 is 0 Å². The van der Waals surface area contributed by atoms with Gasteiger partial charge in [0.25, 0.3) is 5.91 Å². The predicted octanol–water partition coefficient (Wildman–Crippen LogP) is 4.00. The number of amides is 1. The Labute approximate surface area is 114 Å². The zero-order chi connectivity index (χ0) is 14.2. The third kappa shape index (κ3) is 2.65. The van der Waals surface area contributed by atoms with E-state index in [-0.39, 0.29) is 18.0 Å². The van der Waals surface area contributed by atoms with Crippen LogP contribution in [0.15, 0.2) is 28.7 Å². The minimum Gasteiger partial charge on any atom is -0.451 e. The summed E-state index contributed by atoms with van der Waals surface area (Å²) in [6.07, 6.45) is 0. The Morgan fingerprint density at radius 1 is 1.11 bits per heavy atom. The van der Waals surface area contributed by atoms with Gasteiger partial charge in [0, 0.05) is 17.5 Å². The van der Waals surface area contributed by atoms with Crippen molar-refractivity contribution in [1.29, 1.82) is 0 Å². The van der Waals surface area contributed by atoms with E-state index in [0.29, 0.717) is 5.76 Å². The van der Waals surface area contributed by atoms with E-state index in [1.54, 1.807) is 0 Å². The second-order valence-electron chi connectivity index (χ2n) is 5.55. The standard InChI is InChI=1S/C16H21NO2/c1-10(2)17(11(3)4)16(18)15-9-13-8-12(5)6-7-14(13)19-15/h6-11H,1-5H3. The first-order valence-electron chi connectivity index (χ1n) is 6.73. The smallest absolute Gasteiger partial charge is 0.290 e. The number of carbonyl (C=O) groups excluding carboxylic acids is 1. The van der Waals surface area contributed by atoms with Gasteiger partial charge in [-0.1, -0.05) is 11.6 Å². The molecule has 1 heterocycles. The van der Waals surface area contributed by atoms with E-state index in [9.17, 15) is 4.79 Å². The molecule has 0 saturated heterocycles. The highest BCUT2D eigenvalue weighted by Crippen LogP contribution is 2.23. The van der Waals surface area contributed by atoms with Gasteiger partial charge in [0.2, 0.25) is 0 Å². The maximum atomic E-state index is 12.5. The van der Waals surface area contributed by atoms with Crippen LogP contribution in [0.2, 0.25) is 0 Å². The first-order valence-corrected chi connectivity index (χ1v) is 6.73. The highest BCUT2D eigenvalue weighted by molar-refractivity contribution is 5.96. The number of rotatable bonds is 3. The summed E-state index contributed by atoms with van der Waals surface area (Å²) in [5.41, 5.74) is 1.93. The van der Waals surface area contributed by atoms with Crippen LogP contribution in [0.1, 0.15) is 43.8 Å². The lowest BCUT2D eigenvalue weighted by Crippen LogP contribution is -2.41. The molecule has 0 aliphatic heterocycles. The number of aryl methyl sites for hydroxylation is 1. The SMILES string of the molecule is Cc1ccc2oc(C(=O)N(C(C)C)C(C)C)cc2c1. The topological polar surface area (TPSA) is 33.5 Å². The zero-order valence-corrected chi connectivity index (χ0v) is 12.2. The highest BCUT2D eigenvalue weighted by atomic mass is 16.3. The molecule has 0 atom stereocenters. The van der Waals surface area contributed by atoms with Gasteiger partial charge in [-0.15, -0.1) is 0 Å². The molecule has 0 radical (unpaired) electrons. The number of furan rings is 1. The number of carbonyl (C=O) groups is 1. The van der Waals surface area contributed by atoms with Gasteiger partial charge in [-0.25, -0.2) is 0 Å². The number of hydrogen-bond donors (Lipinski definition) is 0. The summed E-state index contributed by atoms with van der Waals surface area (Å²) >= 11 is 0. The Balaban J connectivity index is 2.40. The highest BCUT2D eigenvalue weighted by Gasteiger charge is 2.24. The van der Waals surface area contributed by atoms with Gasteiger partial charge in [0.05, 0.1) is 0 Å². The van der Waals surface area contributed by atoms with Gasteiger partial charge in [0.15, 0.2) is 5.76 Å². The number of hydrogen-bond acceptors (Lipinski definition) is 2. The molecule has 3 nitrogen and oxygen atoms in total. The number of benzene rings is 1. The van der Waals surface area contributed by atoms with E-state index in [4.69, 9.17) is 4.42 Å². The lowest BCUT2D eigenvalue weighted by Gasteiger charge is -2.29. The van der Waals surface area contributed by atoms with Crippen LogP contribution in [0.3, 0.4) is 0 Å². The van der Waals surface area contributed by atoms with Crippen molar-refractivity contribution in [3.05, 3.63) is 35.6 Å². The van der Waals surface area contributed by atoms with E-state index >= 15 is 0 Å². The van der Waals surface area contributed by atoms with E-state index in [2.05, 4.69) is 0 Å².